The molecule has 1 amide bonds. The van der Waals surface area contributed by atoms with Crippen molar-refractivity contribution < 1.29 is 4.79 Å². The fraction of sp³-hybridized carbons (Fsp3) is 0.333. The number of carbonyl (C=O) groups excluding carboxylic acids is 1. The summed E-state index contributed by atoms with van der Waals surface area (Å²) < 4.78 is 4.50. The highest BCUT2D eigenvalue weighted by molar-refractivity contribution is 7.09. The van der Waals surface area contributed by atoms with Crippen LogP contribution in [-0.2, 0) is 17.8 Å². The van der Waals surface area contributed by atoms with E-state index in [2.05, 4.69) is 45.6 Å². The summed E-state index contributed by atoms with van der Waals surface area (Å²) in [4.78, 5) is 23.0. The second-order valence-corrected chi connectivity index (χ2v) is 7.56. The number of aromatic nitrogens is 3. The van der Waals surface area contributed by atoms with E-state index >= 15 is 0 Å². The number of pyridine rings is 1. The molecule has 6 nitrogen and oxygen atoms in total. The van der Waals surface area contributed by atoms with Crippen LogP contribution in [-0.4, -0.2) is 32.8 Å². The van der Waals surface area contributed by atoms with Gasteiger partial charge in [0, 0.05) is 55.9 Å². The van der Waals surface area contributed by atoms with Crippen molar-refractivity contribution in [1.29, 1.82) is 0 Å². The molecule has 28 heavy (non-hydrogen) atoms. The van der Waals surface area contributed by atoms with E-state index in [9.17, 15) is 4.79 Å². The second kappa shape index (κ2) is 9.94. The molecule has 0 saturated carbocycles. The number of hydrogen-bond donors (Lipinski definition) is 1. The number of nitrogens with zero attached hydrogens (tertiary/aromatic N) is 4. The van der Waals surface area contributed by atoms with Crippen molar-refractivity contribution in [3.05, 3.63) is 71.8 Å². The molecule has 0 radical (unpaired) electrons. The van der Waals surface area contributed by atoms with Crippen LogP contribution in [0.25, 0.3) is 0 Å². The van der Waals surface area contributed by atoms with Gasteiger partial charge < -0.3 is 10.2 Å². The molecule has 2 aromatic heterocycles. The van der Waals surface area contributed by atoms with Crippen LogP contribution in [0.3, 0.4) is 0 Å². The molecule has 2 heterocycles. The monoisotopic (exact) mass is 395 g/mol. The van der Waals surface area contributed by atoms with Crippen LogP contribution in [0.15, 0.2) is 54.9 Å². The van der Waals surface area contributed by atoms with Crippen molar-refractivity contribution >= 4 is 22.6 Å². The van der Waals surface area contributed by atoms with Gasteiger partial charge in [0.15, 0.2) is 0 Å². The summed E-state index contributed by atoms with van der Waals surface area (Å²) in [6, 6.07) is 14.2. The van der Waals surface area contributed by atoms with Crippen LogP contribution < -0.4 is 10.2 Å². The minimum atomic E-state index is 0.0245. The highest BCUT2D eigenvalue weighted by Gasteiger charge is 2.17. The van der Waals surface area contributed by atoms with Crippen molar-refractivity contribution in [1.82, 2.24) is 19.7 Å². The van der Waals surface area contributed by atoms with E-state index in [4.69, 9.17) is 4.98 Å². The molecule has 1 N–H and O–H groups in total. The van der Waals surface area contributed by atoms with Crippen molar-refractivity contribution in [2.75, 3.05) is 11.4 Å². The minimum absolute atomic E-state index is 0.0245. The molecule has 3 aromatic rings. The van der Waals surface area contributed by atoms with E-state index in [-0.39, 0.29) is 11.9 Å². The zero-order chi connectivity index (χ0) is 19.8. The Hall–Kier alpha value is -2.80. The summed E-state index contributed by atoms with van der Waals surface area (Å²) in [5.41, 5.74) is 2.23. The van der Waals surface area contributed by atoms with Gasteiger partial charge in [-0.2, -0.15) is 4.37 Å². The Bertz CT molecular complexity index is 867. The first-order valence-corrected chi connectivity index (χ1v) is 10.2. The number of hydrogen-bond acceptors (Lipinski definition) is 6. The van der Waals surface area contributed by atoms with Gasteiger partial charge in [0.05, 0.1) is 0 Å². The maximum absolute atomic E-state index is 12.2. The Morgan fingerprint density at radius 3 is 2.57 bits per heavy atom. The van der Waals surface area contributed by atoms with Crippen LogP contribution in [0.1, 0.15) is 37.2 Å². The minimum Gasteiger partial charge on any atom is -0.352 e. The van der Waals surface area contributed by atoms with Gasteiger partial charge in [0.1, 0.15) is 5.82 Å². The lowest BCUT2D eigenvalue weighted by Gasteiger charge is -2.25. The number of benzene rings is 1. The first-order chi connectivity index (χ1) is 13.6. The zero-order valence-electron chi connectivity index (χ0n) is 16.2. The van der Waals surface area contributed by atoms with Gasteiger partial charge in [-0.05, 0) is 37.1 Å². The predicted molar refractivity (Wildman–Crippen MR) is 112 cm³/mol. The summed E-state index contributed by atoms with van der Waals surface area (Å²) >= 11 is 1.39. The average molecular weight is 396 g/mol. The lowest BCUT2D eigenvalue weighted by Crippen LogP contribution is -2.35. The Balaban J connectivity index is 1.54. The molecule has 0 spiro atoms. The molecule has 146 valence electrons. The summed E-state index contributed by atoms with van der Waals surface area (Å²) in [5, 5.41) is 3.82. The van der Waals surface area contributed by atoms with E-state index in [1.807, 2.05) is 30.3 Å². The van der Waals surface area contributed by atoms with Gasteiger partial charge in [-0.3, -0.25) is 9.78 Å². The molecule has 0 aliphatic carbocycles. The molecule has 0 bridgehead atoms. The molecule has 0 aliphatic rings. The average Bonchev–Trinajstić information content (AvgIpc) is 3.16. The molecule has 1 aromatic carbocycles. The van der Waals surface area contributed by atoms with E-state index in [0.29, 0.717) is 19.5 Å². The quantitative estimate of drug-likeness (QED) is 0.601. The number of anilines is 1. The highest BCUT2D eigenvalue weighted by Crippen LogP contribution is 2.21. The van der Waals surface area contributed by atoms with Crippen LogP contribution in [0.4, 0.5) is 5.13 Å². The Morgan fingerprint density at radius 1 is 1.11 bits per heavy atom. The van der Waals surface area contributed by atoms with Crippen molar-refractivity contribution in [2.24, 2.45) is 0 Å². The second-order valence-electron chi connectivity index (χ2n) is 6.82. The summed E-state index contributed by atoms with van der Waals surface area (Å²) in [7, 11) is 0. The number of rotatable bonds is 9. The molecule has 0 unspecified atom stereocenters. The maximum Gasteiger partial charge on any atom is 0.222 e. The molecular formula is C21H25N5OS. The largest absolute Gasteiger partial charge is 0.352 e. The van der Waals surface area contributed by atoms with E-state index in [0.717, 1.165) is 22.9 Å². The lowest BCUT2D eigenvalue weighted by molar-refractivity contribution is -0.121. The van der Waals surface area contributed by atoms with E-state index in [1.165, 1.54) is 17.1 Å². The van der Waals surface area contributed by atoms with Gasteiger partial charge in [0.2, 0.25) is 11.0 Å². The third kappa shape index (κ3) is 5.85. The van der Waals surface area contributed by atoms with Gasteiger partial charge in [0.25, 0.3) is 0 Å². The first kappa shape index (κ1) is 19.9. The highest BCUT2D eigenvalue weighted by atomic mass is 32.1. The summed E-state index contributed by atoms with van der Waals surface area (Å²) in [6.45, 7) is 5.34. The standard InChI is InChI=1S/C21H25N5OS/c1-16(2)26(13-10-20(27)23-15-18-8-11-22-12-9-18)21-24-19(25-28-21)14-17-6-4-3-5-7-17/h3-9,11-12,16H,10,13-15H2,1-2H3,(H,23,27). The van der Waals surface area contributed by atoms with Gasteiger partial charge in [-0.25, -0.2) is 4.98 Å². The molecule has 0 fully saturated rings. The van der Waals surface area contributed by atoms with Crippen molar-refractivity contribution in [2.45, 2.75) is 39.3 Å². The normalized spacial score (nSPS) is 10.8. The van der Waals surface area contributed by atoms with Gasteiger partial charge in [-0.1, -0.05) is 30.3 Å². The number of amides is 1. The Morgan fingerprint density at radius 2 is 1.86 bits per heavy atom. The van der Waals surface area contributed by atoms with E-state index < -0.39 is 0 Å². The Labute approximate surface area is 169 Å². The topological polar surface area (TPSA) is 71.0 Å². The third-order valence-corrected chi connectivity index (χ3v) is 5.14. The molecule has 0 saturated heterocycles. The third-order valence-electron chi connectivity index (χ3n) is 4.35. The zero-order valence-corrected chi connectivity index (χ0v) is 17.0. The molecule has 0 atom stereocenters. The van der Waals surface area contributed by atoms with Crippen molar-refractivity contribution in [3.8, 4) is 0 Å². The van der Waals surface area contributed by atoms with Gasteiger partial charge >= 0.3 is 0 Å². The lowest BCUT2D eigenvalue weighted by atomic mass is 10.1. The first-order valence-electron chi connectivity index (χ1n) is 9.40. The molecule has 7 heteroatoms. The molecule has 0 aliphatic heterocycles. The predicted octanol–water partition coefficient (Wildman–Crippen LogP) is 3.45. The van der Waals surface area contributed by atoms with E-state index in [1.54, 1.807) is 12.4 Å². The van der Waals surface area contributed by atoms with Crippen LogP contribution in [0, 0.1) is 0 Å². The smallest absolute Gasteiger partial charge is 0.222 e. The van der Waals surface area contributed by atoms with Crippen molar-refractivity contribution in [3.63, 3.8) is 0 Å². The summed E-state index contributed by atoms with van der Waals surface area (Å²) in [5.74, 6) is 0.843. The maximum atomic E-state index is 12.2. The van der Waals surface area contributed by atoms with Crippen LogP contribution >= 0.6 is 11.5 Å². The molecular weight excluding hydrogens is 370 g/mol. The van der Waals surface area contributed by atoms with Crippen LogP contribution in [0.2, 0.25) is 0 Å². The fourth-order valence-corrected chi connectivity index (χ4v) is 3.64. The fourth-order valence-electron chi connectivity index (χ4n) is 2.80. The van der Waals surface area contributed by atoms with Crippen LogP contribution in [0.5, 0.6) is 0 Å². The molecule has 3 rings (SSSR count). The summed E-state index contributed by atoms with van der Waals surface area (Å²) in [6.07, 6.45) is 4.58. The Kier molecular flexibility index (Phi) is 7.08. The number of nitrogens with one attached hydrogen (secondary N) is 1. The SMILES string of the molecule is CC(C)N(CCC(=O)NCc1ccncc1)c1nc(Cc2ccccc2)ns1. The number of carbonyl (C=O) groups is 1. The van der Waals surface area contributed by atoms with Gasteiger partial charge in [-0.15, -0.1) is 0 Å².